The number of carboxylic acids is 1. The monoisotopic (exact) mass is 145 g/mol. The third-order valence-corrected chi connectivity index (χ3v) is 1.07. The van der Waals surface area contributed by atoms with Gasteiger partial charge in [-0.2, -0.15) is 0 Å². The maximum Gasteiger partial charge on any atom is 0.325 e. The molecule has 0 fully saturated rings. The van der Waals surface area contributed by atoms with Crippen molar-refractivity contribution in [2.75, 3.05) is 0 Å². The van der Waals surface area contributed by atoms with Gasteiger partial charge < -0.3 is 10.4 Å². The summed E-state index contributed by atoms with van der Waals surface area (Å²) in [5.74, 6) is -1.25. The summed E-state index contributed by atoms with van der Waals surface area (Å²) in [6.45, 7) is 3.10. The molecular weight excluding hydrogens is 134 g/mol. The van der Waals surface area contributed by atoms with Crippen LogP contribution in [0.25, 0.3) is 0 Å². The summed E-state index contributed by atoms with van der Waals surface area (Å²) in [6, 6.07) is -0.785. The Labute approximate surface area is 59.2 Å². The Balaban J connectivity index is 3.68. The third kappa shape index (κ3) is 3.06. The first-order chi connectivity index (χ1) is 4.57. The van der Waals surface area contributed by atoms with E-state index in [-0.39, 0.29) is 5.91 Å². The van der Waals surface area contributed by atoms with E-state index in [1.807, 2.05) is 0 Å². The number of nitrogens with one attached hydrogen (secondary N) is 1. The molecule has 58 valence electrons. The van der Waals surface area contributed by atoms with Crippen molar-refractivity contribution in [1.29, 1.82) is 0 Å². The number of amides is 1. The molecule has 0 aromatic rings. The highest BCUT2D eigenvalue weighted by Crippen LogP contribution is 1.82. The van der Waals surface area contributed by atoms with Crippen molar-refractivity contribution in [3.8, 4) is 0 Å². The zero-order valence-electron chi connectivity index (χ0n) is 6.05. The van der Waals surface area contributed by atoms with Crippen molar-refractivity contribution >= 4 is 11.9 Å². The summed E-state index contributed by atoms with van der Waals surface area (Å²) < 4.78 is 0. The number of hydrogen-bond donors (Lipinski definition) is 2. The first kappa shape index (κ1) is 8.94. The van der Waals surface area contributed by atoms with E-state index in [0.29, 0.717) is 6.42 Å². The Bertz CT molecular complexity index is 144. The minimum absolute atomic E-state index is 0.241. The molecule has 0 aromatic carbocycles. The van der Waals surface area contributed by atoms with Crippen LogP contribution < -0.4 is 5.32 Å². The fourth-order valence-electron chi connectivity index (χ4n) is 0.405. The standard InChI is InChI=1S/C6H11NO3/c1-3-5(8)7-4(2)6(9)10/h4H,3H2,1-2H3,(H,7,8)(H,9,10)/t4-/m1/s1. The molecule has 0 heterocycles. The molecule has 1 amide bonds. The molecule has 0 spiro atoms. The summed E-state index contributed by atoms with van der Waals surface area (Å²) >= 11 is 0. The molecule has 0 unspecified atom stereocenters. The number of carbonyl (C=O) groups is 2. The van der Waals surface area contributed by atoms with E-state index in [4.69, 9.17) is 5.11 Å². The third-order valence-electron chi connectivity index (χ3n) is 1.07. The van der Waals surface area contributed by atoms with Crippen LogP contribution in [-0.4, -0.2) is 23.0 Å². The maximum atomic E-state index is 10.6. The predicted octanol–water partition coefficient (Wildman–Crippen LogP) is -0.0143. The largest absolute Gasteiger partial charge is 0.480 e. The molecule has 0 saturated heterocycles. The van der Waals surface area contributed by atoms with Gasteiger partial charge in [-0.3, -0.25) is 9.59 Å². The summed E-state index contributed by atoms with van der Waals surface area (Å²) in [7, 11) is 0. The molecular formula is C6H11NO3. The Morgan fingerprint density at radius 1 is 1.60 bits per heavy atom. The van der Waals surface area contributed by atoms with Crippen molar-refractivity contribution in [2.24, 2.45) is 0 Å². The van der Waals surface area contributed by atoms with Crippen LogP contribution >= 0.6 is 0 Å². The Kier molecular flexibility index (Phi) is 3.46. The number of carboxylic acid groups (broad SMARTS) is 1. The summed E-state index contributed by atoms with van der Waals surface area (Å²) in [6.07, 6.45) is 0.317. The molecule has 2 N–H and O–H groups in total. The lowest BCUT2D eigenvalue weighted by atomic mass is 10.3. The van der Waals surface area contributed by atoms with Gasteiger partial charge >= 0.3 is 5.97 Å². The number of aliphatic carboxylic acids is 1. The smallest absolute Gasteiger partial charge is 0.325 e. The molecule has 0 bridgehead atoms. The van der Waals surface area contributed by atoms with Crippen molar-refractivity contribution in [1.82, 2.24) is 5.32 Å². The van der Waals surface area contributed by atoms with Gasteiger partial charge in [0.15, 0.2) is 0 Å². The van der Waals surface area contributed by atoms with E-state index in [0.717, 1.165) is 0 Å². The lowest BCUT2D eigenvalue weighted by molar-refractivity contribution is -0.141. The molecule has 0 rings (SSSR count). The highest BCUT2D eigenvalue weighted by Gasteiger charge is 2.11. The quantitative estimate of drug-likeness (QED) is 0.586. The van der Waals surface area contributed by atoms with Crippen LogP contribution in [0.15, 0.2) is 0 Å². The van der Waals surface area contributed by atoms with Crippen molar-refractivity contribution in [2.45, 2.75) is 26.3 Å². The minimum atomic E-state index is -1.01. The molecule has 0 aliphatic carbocycles. The zero-order chi connectivity index (χ0) is 8.15. The molecule has 0 radical (unpaired) electrons. The Hall–Kier alpha value is -1.06. The average molecular weight is 145 g/mol. The molecule has 0 aliphatic heterocycles. The van der Waals surface area contributed by atoms with Gasteiger partial charge in [-0.15, -0.1) is 0 Å². The van der Waals surface area contributed by atoms with Crippen LogP contribution in [0.4, 0.5) is 0 Å². The van der Waals surface area contributed by atoms with E-state index in [2.05, 4.69) is 5.32 Å². The van der Waals surface area contributed by atoms with Gasteiger partial charge in [-0.1, -0.05) is 6.92 Å². The lowest BCUT2D eigenvalue weighted by Gasteiger charge is -2.06. The van der Waals surface area contributed by atoms with Crippen LogP contribution in [-0.2, 0) is 9.59 Å². The number of carbonyl (C=O) groups excluding carboxylic acids is 1. The van der Waals surface area contributed by atoms with Crippen LogP contribution in [0, 0.1) is 0 Å². The van der Waals surface area contributed by atoms with Gasteiger partial charge in [0.05, 0.1) is 0 Å². The SMILES string of the molecule is CCC(=O)N[C@H](C)C(=O)O. The number of hydrogen-bond acceptors (Lipinski definition) is 2. The van der Waals surface area contributed by atoms with Crippen LogP contribution in [0.3, 0.4) is 0 Å². The Morgan fingerprint density at radius 3 is 2.40 bits per heavy atom. The van der Waals surface area contributed by atoms with Gasteiger partial charge in [-0.05, 0) is 6.92 Å². The van der Waals surface area contributed by atoms with Gasteiger partial charge in [-0.25, -0.2) is 0 Å². The first-order valence-corrected chi connectivity index (χ1v) is 3.10. The molecule has 0 saturated carbocycles. The number of rotatable bonds is 3. The molecule has 0 aliphatic rings. The van der Waals surface area contributed by atoms with E-state index in [1.165, 1.54) is 6.92 Å². The minimum Gasteiger partial charge on any atom is -0.480 e. The Morgan fingerprint density at radius 2 is 2.10 bits per heavy atom. The van der Waals surface area contributed by atoms with Gasteiger partial charge in [0.25, 0.3) is 0 Å². The van der Waals surface area contributed by atoms with Crippen molar-refractivity contribution in [3.05, 3.63) is 0 Å². The first-order valence-electron chi connectivity index (χ1n) is 3.10. The van der Waals surface area contributed by atoms with E-state index in [1.54, 1.807) is 6.92 Å². The molecule has 4 nitrogen and oxygen atoms in total. The lowest BCUT2D eigenvalue weighted by Crippen LogP contribution is -2.37. The topological polar surface area (TPSA) is 66.4 Å². The molecule has 10 heavy (non-hydrogen) atoms. The van der Waals surface area contributed by atoms with Crippen molar-refractivity contribution in [3.63, 3.8) is 0 Å². The molecule has 0 aromatic heterocycles. The summed E-state index contributed by atoms with van der Waals surface area (Å²) in [5.41, 5.74) is 0. The van der Waals surface area contributed by atoms with E-state index in [9.17, 15) is 9.59 Å². The highest BCUT2D eigenvalue weighted by molar-refractivity contribution is 5.82. The van der Waals surface area contributed by atoms with Gasteiger partial charge in [0.1, 0.15) is 6.04 Å². The molecule has 4 heteroatoms. The van der Waals surface area contributed by atoms with Crippen LogP contribution in [0.5, 0.6) is 0 Å². The second-order valence-electron chi connectivity index (χ2n) is 1.98. The maximum absolute atomic E-state index is 10.6. The van der Waals surface area contributed by atoms with Crippen molar-refractivity contribution < 1.29 is 14.7 Å². The summed E-state index contributed by atoms with van der Waals surface area (Å²) in [4.78, 5) is 20.7. The fourth-order valence-corrected chi connectivity index (χ4v) is 0.405. The average Bonchev–Trinajstić information content (AvgIpc) is 1.87. The summed E-state index contributed by atoms with van der Waals surface area (Å²) in [5, 5.41) is 10.6. The molecule has 1 atom stereocenters. The van der Waals surface area contributed by atoms with Crippen LogP contribution in [0.1, 0.15) is 20.3 Å². The zero-order valence-corrected chi connectivity index (χ0v) is 6.05. The normalized spacial score (nSPS) is 12.2. The van der Waals surface area contributed by atoms with E-state index >= 15 is 0 Å². The fraction of sp³-hybridized carbons (Fsp3) is 0.667. The van der Waals surface area contributed by atoms with Gasteiger partial charge in [0.2, 0.25) is 5.91 Å². The van der Waals surface area contributed by atoms with E-state index < -0.39 is 12.0 Å². The van der Waals surface area contributed by atoms with Crippen LogP contribution in [0.2, 0.25) is 0 Å². The van der Waals surface area contributed by atoms with Gasteiger partial charge in [0, 0.05) is 6.42 Å². The second-order valence-corrected chi connectivity index (χ2v) is 1.98. The predicted molar refractivity (Wildman–Crippen MR) is 35.5 cm³/mol. The highest BCUT2D eigenvalue weighted by atomic mass is 16.4. The second kappa shape index (κ2) is 3.87.